The van der Waals surface area contributed by atoms with E-state index in [1.165, 1.54) is 6.07 Å². The number of halogens is 2. The van der Waals surface area contributed by atoms with Crippen molar-refractivity contribution in [3.05, 3.63) is 35.4 Å². The molecule has 2 atom stereocenters. The molecule has 1 aliphatic heterocycles. The van der Waals surface area contributed by atoms with Gasteiger partial charge in [0.15, 0.2) is 0 Å². The third-order valence-corrected chi connectivity index (χ3v) is 2.68. The first-order valence-corrected chi connectivity index (χ1v) is 4.89. The Kier molecular flexibility index (Phi) is 2.87. The highest BCUT2D eigenvalue weighted by molar-refractivity contribution is 5.71. The van der Waals surface area contributed by atoms with Gasteiger partial charge in [-0.15, -0.1) is 0 Å². The normalized spacial score (nSPS) is 24.6. The standard InChI is InChI=1S/C11H10F2O3/c12-6-1-2-7(9(13)5-6)10-8(11(14)15)3-4-16-10/h1-2,5,8,10H,3-4H2,(H,14,15). The van der Waals surface area contributed by atoms with E-state index in [1.54, 1.807) is 0 Å². The van der Waals surface area contributed by atoms with E-state index in [2.05, 4.69) is 0 Å². The first-order valence-electron chi connectivity index (χ1n) is 4.89. The summed E-state index contributed by atoms with van der Waals surface area (Å²) in [6.45, 7) is 0.276. The van der Waals surface area contributed by atoms with Crippen LogP contribution in [0.15, 0.2) is 18.2 Å². The molecule has 1 saturated heterocycles. The SMILES string of the molecule is O=C(O)C1CCOC1c1ccc(F)cc1F. The van der Waals surface area contributed by atoms with Crippen LogP contribution in [0.5, 0.6) is 0 Å². The third-order valence-electron chi connectivity index (χ3n) is 2.68. The molecule has 2 rings (SSSR count). The van der Waals surface area contributed by atoms with E-state index in [0.717, 1.165) is 12.1 Å². The Labute approximate surface area is 90.7 Å². The number of carbonyl (C=O) groups is 1. The van der Waals surface area contributed by atoms with Crippen LogP contribution >= 0.6 is 0 Å². The first-order chi connectivity index (χ1) is 7.59. The zero-order chi connectivity index (χ0) is 11.7. The minimum absolute atomic E-state index is 0.103. The average Bonchev–Trinajstić information content (AvgIpc) is 2.66. The molecule has 5 heteroatoms. The molecule has 86 valence electrons. The number of aliphatic carboxylic acids is 1. The predicted molar refractivity (Wildman–Crippen MR) is 50.8 cm³/mol. The number of ether oxygens (including phenoxy) is 1. The van der Waals surface area contributed by atoms with Crippen LogP contribution in [-0.2, 0) is 9.53 Å². The van der Waals surface area contributed by atoms with E-state index in [-0.39, 0.29) is 12.2 Å². The van der Waals surface area contributed by atoms with Gasteiger partial charge in [0, 0.05) is 18.2 Å². The zero-order valence-corrected chi connectivity index (χ0v) is 8.32. The molecule has 0 spiro atoms. The second kappa shape index (κ2) is 4.17. The smallest absolute Gasteiger partial charge is 0.309 e. The zero-order valence-electron chi connectivity index (χ0n) is 8.32. The summed E-state index contributed by atoms with van der Waals surface area (Å²) in [5.74, 6) is -3.24. The fourth-order valence-corrected chi connectivity index (χ4v) is 1.88. The predicted octanol–water partition coefficient (Wildman–Crippen LogP) is 2.13. The van der Waals surface area contributed by atoms with Crippen molar-refractivity contribution in [1.29, 1.82) is 0 Å². The Morgan fingerprint density at radius 1 is 1.44 bits per heavy atom. The maximum absolute atomic E-state index is 13.4. The van der Waals surface area contributed by atoms with E-state index >= 15 is 0 Å². The van der Waals surface area contributed by atoms with Crippen LogP contribution in [-0.4, -0.2) is 17.7 Å². The number of carboxylic acids is 1. The highest BCUT2D eigenvalue weighted by Crippen LogP contribution is 2.35. The molecule has 2 unspecified atom stereocenters. The van der Waals surface area contributed by atoms with E-state index in [4.69, 9.17) is 9.84 Å². The van der Waals surface area contributed by atoms with Crippen molar-refractivity contribution in [2.45, 2.75) is 12.5 Å². The lowest BCUT2D eigenvalue weighted by Crippen LogP contribution is -2.18. The molecule has 1 heterocycles. The van der Waals surface area contributed by atoms with Gasteiger partial charge in [-0.1, -0.05) is 6.07 Å². The Morgan fingerprint density at radius 2 is 2.19 bits per heavy atom. The second-order valence-electron chi connectivity index (χ2n) is 3.69. The van der Waals surface area contributed by atoms with Gasteiger partial charge in [-0.2, -0.15) is 0 Å². The molecule has 1 N–H and O–H groups in total. The summed E-state index contributed by atoms with van der Waals surface area (Å²) in [6, 6.07) is 3.06. The van der Waals surface area contributed by atoms with Crippen LogP contribution in [0.25, 0.3) is 0 Å². The summed E-state index contributed by atoms with van der Waals surface area (Å²) in [7, 11) is 0. The van der Waals surface area contributed by atoms with Gasteiger partial charge in [-0.25, -0.2) is 8.78 Å². The van der Waals surface area contributed by atoms with E-state index in [1.807, 2.05) is 0 Å². The maximum Gasteiger partial charge on any atom is 0.309 e. The van der Waals surface area contributed by atoms with Crippen molar-refractivity contribution in [3.63, 3.8) is 0 Å². The quantitative estimate of drug-likeness (QED) is 0.843. The van der Waals surface area contributed by atoms with E-state index < -0.39 is 29.6 Å². The van der Waals surface area contributed by atoms with Crippen LogP contribution in [0.4, 0.5) is 8.78 Å². The van der Waals surface area contributed by atoms with Crippen molar-refractivity contribution in [2.24, 2.45) is 5.92 Å². The van der Waals surface area contributed by atoms with Gasteiger partial charge in [-0.3, -0.25) is 4.79 Å². The van der Waals surface area contributed by atoms with Crippen molar-refractivity contribution < 1.29 is 23.4 Å². The number of rotatable bonds is 2. The third kappa shape index (κ3) is 1.90. The van der Waals surface area contributed by atoms with Crippen molar-refractivity contribution >= 4 is 5.97 Å². The summed E-state index contributed by atoms with van der Waals surface area (Å²) >= 11 is 0. The van der Waals surface area contributed by atoms with Gasteiger partial charge in [-0.05, 0) is 12.5 Å². The molecule has 0 aromatic heterocycles. The van der Waals surface area contributed by atoms with Crippen LogP contribution in [0.1, 0.15) is 18.1 Å². The van der Waals surface area contributed by atoms with E-state index in [0.29, 0.717) is 6.42 Å². The van der Waals surface area contributed by atoms with Gasteiger partial charge in [0.2, 0.25) is 0 Å². The summed E-state index contributed by atoms with van der Waals surface area (Å²) in [5.41, 5.74) is 0.103. The Bertz CT molecular complexity index is 420. The molecule has 0 saturated carbocycles. The number of carboxylic acid groups (broad SMARTS) is 1. The van der Waals surface area contributed by atoms with Gasteiger partial charge >= 0.3 is 5.97 Å². The topological polar surface area (TPSA) is 46.5 Å². The maximum atomic E-state index is 13.4. The molecule has 16 heavy (non-hydrogen) atoms. The lowest BCUT2D eigenvalue weighted by molar-refractivity contribution is -0.143. The molecular formula is C11H10F2O3. The lowest BCUT2D eigenvalue weighted by Gasteiger charge is -2.15. The number of hydrogen-bond acceptors (Lipinski definition) is 2. The van der Waals surface area contributed by atoms with Gasteiger partial charge in [0.1, 0.15) is 11.6 Å². The van der Waals surface area contributed by atoms with Crippen LogP contribution < -0.4 is 0 Å². The Balaban J connectivity index is 2.32. The second-order valence-corrected chi connectivity index (χ2v) is 3.69. The molecule has 0 radical (unpaired) electrons. The van der Waals surface area contributed by atoms with E-state index in [9.17, 15) is 13.6 Å². The minimum Gasteiger partial charge on any atom is -0.481 e. The Morgan fingerprint density at radius 3 is 2.81 bits per heavy atom. The average molecular weight is 228 g/mol. The molecule has 3 nitrogen and oxygen atoms in total. The largest absolute Gasteiger partial charge is 0.481 e. The molecule has 1 aromatic rings. The fraction of sp³-hybridized carbons (Fsp3) is 0.364. The molecular weight excluding hydrogens is 218 g/mol. The molecule has 1 aromatic carbocycles. The lowest BCUT2D eigenvalue weighted by atomic mass is 9.95. The summed E-state index contributed by atoms with van der Waals surface area (Å²) in [4.78, 5) is 10.9. The molecule has 1 fully saturated rings. The van der Waals surface area contributed by atoms with Gasteiger partial charge in [0.25, 0.3) is 0 Å². The fourth-order valence-electron chi connectivity index (χ4n) is 1.88. The van der Waals surface area contributed by atoms with Crippen LogP contribution in [0.3, 0.4) is 0 Å². The van der Waals surface area contributed by atoms with Crippen LogP contribution in [0, 0.1) is 17.6 Å². The minimum atomic E-state index is -1.02. The summed E-state index contributed by atoms with van der Waals surface area (Å²) < 4.78 is 31.3. The highest BCUT2D eigenvalue weighted by Gasteiger charge is 2.36. The highest BCUT2D eigenvalue weighted by atomic mass is 19.1. The monoisotopic (exact) mass is 228 g/mol. The van der Waals surface area contributed by atoms with Gasteiger partial charge in [0.05, 0.1) is 12.0 Å². The first kappa shape index (κ1) is 11.0. The summed E-state index contributed by atoms with van der Waals surface area (Å²) in [5, 5.41) is 8.91. The molecule has 0 amide bonds. The van der Waals surface area contributed by atoms with Crippen molar-refractivity contribution in [3.8, 4) is 0 Å². The number of benzene rings is 1. The molecule has 1 aliphatic rings. The molecule has 0 bridgehead atoms. The van der Waals surface area contributed by atoms with Crippen molar-refractivity contribution in [2.75, 3.05) is 6.61 Å². The number of hydrogen-bond donors (Lipinski definition) is 1. The van der Waals surface area contributed by atoms with Gasteiger partial charge < -0.3 is 9.84 Å². The summed E-state index contributed by atoms with van der Waals surface area (Å²) in [6.07, 6.45) is -0.477. The molecule has 0 aliphatic carbocycles. The Hall–Kier alpha value is -1.49. The van der Waals surface area contributed by atoms with Crippen LogP contribution in [0.2, 0.25) is 0 Å². The van der Waals surface area contributed by atoms with Crippen molar-refractivity contribution in [1.82, 2.24) is 0 Å².